The van der Waals surface area contributed by atoms with Gasteiger partial charge in [-0.05, 0) is 53.6 Å². The van der Waals surface area contributed by atoms with Crippen LogP contribution in [0.5, 0.6) is 0 Å². The maximum Gasteiger partial charge on any atom is 0.255 e. The third-order valence-electron chi connectivity index (χ3n) is 3.15. The number of carbonyl (C=O) groups is 1. The van der Waals surface area contributed by atoms with E-state index in [1.165, 1.54) is 18.2 Å². The fourth-order valence-corrected chi connectivity index (χ4v) is 2.81. The van der Waals surface area contributed by atoms with E-state index in [2.05, 4.69) is 0 Å². The first-order valence-corrected chi connectivity index (χ1v) is 7.49. The highest BCUT2D eigenvalue weighted by Gasteiger charge is 2.23. The molecule has 1 aromatic carbocycles. The summed E-state index contributed by atoms with van der Waals surface area (Å²) in [6.45, 7) is 4.27. The molecule has 0 radical (unpaired) electrons. The van der Waals surface area contributed by atoms with Gasteiger partial charge in [0.25, 0.3) is 5.91 Å². The number of amides is 1. The van der Waals surface area contributed by atoms with Crippen molar-refractivity contribution in [2.75, 3.05) is 13.2 Å². The Morgan fingerprint density at radius 1 is 1.42 bits per heavy atom. The molecular weight excluding hydrogens is 360 g/mol. The average molecular weight is 379 g/mol. The van der Waals surface area contributed by atoms with Crippen LogP contribution in [0.3, 0.4) is 0 Å². The van der Waals surface area contributed by atoms with Gasteiger partial charge in [0.2, 0.25) is 0 Å². The van der Waals surface area contributed by atoms with E-state index in [1.54, 1.807) is 4.90 Å². The molecule has 0 aromatic heterocycles. The smallest absolute Gasteiger partial charge is 0.255 e. The molecule has 0 aliphatic rings. The van der Waals surface area contributed by atoms with E-state index < -0.39 is 0 Å². The van der Waals surface area contributed by atoms with Crippen molar-refractivity contribution in [3.8, 4) is 0 Å². The van der Waals surface area contributed by atoms with Crippen LogP contribution in [0.4, 0.5) is 4.39 Å². The number of aliphatic hydroxyl groups excluding tert-OH is 1. The molecule has 3 nitrogen and oxygen atoms in total. The molecule has 1 rings (SSSR count). The lowest BCUT2D eigenvalue weighted by molar-refractivity contribution is 0.0621. The second-order valence-corrected chi connectivity index (χ2v) is 5.48. The molecule has 0 saturated heterocycles. The zero-order valence-corrected chi connectivity index (χ0v) is 13.4. The monoisotopic (exact) mass is 379 g/mol. The molecule has 1 aromatic rings. The maximum atomic E-state index is 13.1. The topological polar surface area (TPSA) is 40.5 Å². The third-order valence-corrected chi connectivity index (χ3v) is 4.04. The maximum absolute atomic E-state index is 13.1. The first-order chi connectivity index (χ1) is 9.04. The lowest BCUT2D eigenvalue weighted by atomic mass is 10.1. The molecule has 0 aliphatic heterocycles. The van der Waals surface area contributed by atoms with Crippen LogP contribution < -0.4 is 0 Å². The first-order valence-electron chi connectivity index (χ1n) is 6.42. The van der Waals surface area contributed by atoms with Crippen LogP contribution >= 0.6 is 22.6 Å². The molecule has 0 unspecified atom stereocenters. The molecule has 5 heteroatoms. The fraction of sp³-hybridized carbons (Fsp3) is 0.500. The Balaban J connectivity index is 3.04. The Bertz CT molecular complexity index is 435. The summed E-state index contributed by atoms with van der Waals surface area (Å²) in [4.78, 5) is 14.2. The zero-order valence-electron chi connectivity index (χ0n) is 11.2. The van der Waals surface area contributed by atoms with Crippen LogP contribution in [0.2, 0.25) is 0 Å². The number of aliphatic hydroxyl groups is 1. The Hall–Kier alpha value is -0.690. The number of carbonyl (C=O) groups excluding carboxylic acids is 1. The van der Waals surface area contributed by atoms with Gasteiger partial charge in [0, 0.05) is 16.2 Å². The molecular formula is C14H19FINO2. The van der Waals surface area contributed by atoms with Crippen LogP contribution in [0.25, 0.3) is 0 Å². The average Bonchev–Trinajstić information content (AvgIpc) is 2.38. The Morgan fingerprint density at radius 3 is 2.53 bits per heavy atom. The predicted molar refractivity (Wildman–Crippen MR) is 81.6 cm³/mol. The molecule has 1 N–H and O–H groups in total. The van der Waals surface area contributed by atoms with Crippen molar-refractivity contribution in [2.45, 2.75) is 32.7 Å². The fourth-order valence-electron chi connectivity index (χ4n) is 2.10. The summed E-state index contributed by atoms with van der Waals surface area (Å²) in [6, 6.07) is 4.24. The van der Waals surface area contributed by atoms with Gasteiger partial charge in [-0.2, -0.15) is 0 Å². The van der Waals surface area contributed by atoms with Crippen molar-refractivity contribution in [1.82, 2.24) is 4.90 Å². The van der Waals surface area contributed by atoms with Gasteiger partial charge in [-0.1, -0.05) is 13.8 Å². The van der Waals surface area contributed by atoms with Gasteiger partial charge in [0.05, 0.1) is 12.2 Å². The third kappa shape index (κ3) is 4.14. The molecule has 0 fully saturated rings. The van der Waals surface area contributed by atoms with Gasteiger partial charge in [0.1, 0.15) is 5.82 Å². The zero-order chi connectivity index (χ0) is 14.4. The van der Waals surface area contributed by atoms with Crippen molar-refractivity contribution in [3.05, 3.63) is 33.1 Å². The molecule has 0 aliphatic carbocycles. The van der Waals surface area contributed by atoms with Crippen LogP contribution in [0.15, 0.2) is 18.2 Å². The number of halogens is 2. The van der Waals surface area contributed by atoms with E-state index >= 15 is 0 Å². The Labute approximate surface area is 126 Å². The van der Waals surface area contributed by atoms with Crippen LogP contribution in [-0.2, 0) is 0 Å². The van der Waals surface area contributed by atoms with Gasteiger partial charge in [-0.15, -0.1) is 0 Å². The summed E-state index contributed by atoms with van der Waals surface area (Å²) in [7, 11) is 0. The van der Waals surface area contributed by atoms with E-state index in [-0.39, 0.29) is 24.4 Å². The van der Waals surface area contributed by atoms with Crippen molar-refractivity contribution < 1.29 is 14.3 Å². The molecule has 0 heterocycles. The molecule has 19 heavy (non-hydrogen) atoms. The normalized spacial score (nSPS) is 10.8. The lowest BCUT2D eigenvalue weighted by Gasteiger charge is -2.30. The van der Waals surface area contributed by atoms with Crippen molar-refractivity contribution in [3.63, 3.8) is 0 Å². The number of hydrogen-bond donors (Lipinski definition) is 1. The number of benzene rings is 1. The predicted octanol–water partition coefficient (Wildman–Crippen LogP) is 3.05. The largest absolute Gasteiger partial charge is 0.395 e. The molecule has 0 atom stereocenters. The van der Waals surface area contributed by atoms with Crippen molar-refractivity contribution in [2.24, 2.45) is 0 Å². The molecule has 0 bridgehead atoms. The highest BCUT2D eigenvalue weighted by molar-refractivity contribution is 14.1. The minimum atomic E-state index is -0.350. The standard InChI is InChI=1S/C14H19FINO2/c1-3-11(4-2)17(7-8-18)14(19)12-6-5-10(15)9-13(12)16/h5-6,9,11,18H,3-4,7-8H2,1-2H3. The number of hydrogen-bond acceptors (Lipinski definition) is 2. The molecule has 0 spiro atoms. The minimum Gasteiger partial charge on any atom is -0.395 e. The first kappa shape index (κ1) is 16.4. The van der Waals surface area contributed by atoms with E-state index in [1.807, 2.05) is 36.4 Å². The van der Waals surface area contributed by atoms with E-state index in [0.29, 0.717) is 15.7 Å². The van der Waals surface area contributed by atoms with Crippen LogP contribution in [0.1, 0.15) is 37.0 Å². The Kier molecular flexibility index (Phi) is 6.71. The summed E-state index contributed by atoms with van der Waals surface area (Å²) in [5, 5.41) is 9.13. The van der Waals surface area contributed by atoms with Gasteiger partial charge >= 0.3 is 0 Å². The van der Waals surface area contributed by atoms with Crippen LogP contribution in [0, 0.1) is 9.39 Å². The summed E-state index contributed by atoms with van der Waals surface area (Å²) in [6.07, 6.45) is 1.67. The van der Waals surface area contributed by atoms with Crippen molar-refractivity contribution in [1.29, 1.82) is 0 Å². The molecule has 1 amide bonds. The SMILES string of the molecule is CCC(CC)N(CCO)C(=O)c1ccc(F)cc1I. The van der Waals surface area contributed by atoms with Crippen molar-refractivity contribution >= 4 is 28.5 Å². The highest BCUT2D eigenvalue weighted by Crippen LogP contribution is 2.19. The van der Waals surface area contributed by atoms with Gasteiger partial charge in [-0.25, -0.2) is 4.39 Å². The minimum absolute atomic E-state index is 0.0694. The summed E-state index contributed by atoms with van der Waals surface area (Å²) in [5.41, 5.74) is 0.488. The van der Waals surface area contributed by atoms with Gasteiger partial charge in [0.15, 0.2) is 0 Å². The highest BCUT2D eigenvalue weighted by atomic mass is 127. The van der Waals surface area contributed by atoms with E-state index in [4.69, 9.17) is 5.11 Å². The summed E-state index contributed by atoms with van der Waals surface area (Å²) in [5.74, 6) is -0.496. The van der Waals surface area contributed by atoms with Gasteiger partial charge in [-0.3, -0.25) is 4.79 Å². The Morgan fingerprint density at radius 2 is 2.05 bits per heavy atom. The van der Waals surface area contributed by atoms with E-state index in [9.17, 15) is 9.18 Å². The lowest BCUT2D eigenvalue weighted by Crippen LogP contribution is -2.41. The number of rotatable bonds is 6. The summed E-state index contributed by atoms with van der Waals surface area (Å²) < 4.78 is 13.7. The number of nitrogens with zero attached hydrogens (tertiary/aromatic N) is 1. The second-order valence-electron chi connectivity index (χ2n) is 4.32. The van der Waals surface area contributed by atoms with E-state index in [0.717, 1.165) is 12.8 Å². The quantitative estimate of drug-likeness (QED) is 0.772. The summed E-state index contributed by atoms with van der Waals surface area (Å²) >= 11 is 1.96. The van der Waals surface area contributed by atoms with Gasteiger partial charge < -0.3 is 10.0 Å². The van der Waals surface area contributed by atoms with Crippen LogP contribution in [-0.4, -0.2) is 35.1 Å². The molecule has 0 saturated carbocycles. The second kappa shape index (κ2) is 7.79. The molecule has 106 valence electrons.